The van der Waals surface area contributed by atoms with Gasteiger partial charge in [0.05, 0.1) is 40.2 Å². The van der Waals surface area contributed by atoms with Crippen LogP contribution in [0.3, 0.4) is 0 Å². The van der Waals surface area contributed by atoms with Gasteiger partial charge in [-0.05, 0) is 77.9 Å². The lowest BCUT2D eigenvalue weighted by molar-refractivity contribution is -0.127. The van der Waals surface area contributed by atoms with Gasteiger partial charge in [0.25, 0.3) is 0 Å². The molecule has 11 rings (SSSR count). The van der Waals surface area contributed by atoms with Crippen LogP contribution in [-0.4, -0.2) is 65.5 Å². The van der Waals surface area contributed by atoms with E-state index in [2.05, 4.69) is 28.1 Å². The first-order chi connectivity index (χ1) is 44.9. The Bertz CT molecular complexity index is 3760. The molecule has 0 bridgehead atoms. The molecule has 0 aliphatic heterocycles. The summed E-state index contributed by atoms with van der Waals surface area (Å²) >= 11 is 0. The van der Waals surface area contributed by atoms with Crippen molar-refractivity contribution < 1.29 is 44.7 Å². The number of alkyl halides is 1. The lowest BCUT2D eigenvalue weighted by atomic mass is 9.77. The zero-order valence-electron chi connectivity index (χ0n) is 51.2. The molecule has 1 aliphatic carbocycles. The average Bonchev–Trinajstić information content (AvgIpc) is 0.822. The topological polar surface area (TPSA) is 197 Å². The summed E-state index contributed by atoms with van der Waals surface area (Å²) in [6.07, 6.45) is -1.15. The Morgan fingerprint density at radius 3 is 1.09 bits per heavy atom. The molecular formula is C78H73FN4O8. The van der Waals surface area contributed by atoms with Crippen LogP contribution in [0.4, 0.5) is 9.18 Å². The van der Waals surface area contributed by atoms with Gasteiger partial charge in [-0.3, -0.25) is 23.6 Å². The SMILES string of the molecule is N[C@@H](CC(=O)NC(c1ccccc1)(c1ccccc1)c1ccccc1)C(=O)Cc1ccc(CO)cc1.O=C(C[C@H](NC(=O)OCC1c2ccccc2-c2ccccc21)C(=O)Cc1ccc(CO)cc1)NC(c1ccccc1)(c1ccccc1)c1ccccc1.[2H]CF. The lowest BCUT2D eigenvalue weighted by Crippen LogP contribution is -2.51. The molecule has 12 nitrogen and oxygen atoms in total. The zero-order valence-corrected chi connectivity index (χ0v) is 50.2. The number of aliphatic hydroxyl groups is 2. The Labute approximate surface area is 532 Å². The molecule has 0 radical (unpaired) electrons. The number of fused-ring (bicyclic) bond motifs is 3. The van der Waals surface area contributed by atoms with Crippen molar-refractivity contribution in [2.75, 3.05) is 13.8 Å². The van der Waals surface area contributed by atoms with Crippen molar-refractivity contribution in [3.8, 4) is 11.1 Å². The highest BCUT2D eigenvalue weighted by molar-refractivity contribution is 5.94. The minimum atomic E-state index is -1.19. The number of hydrogen-bond acceptors (Lipinski definition) is 9. The molecule has 13 heteroatoms. The molecule has 10 aromatic carbocycles. The number of nitrogens with two attached hydrogens (primary N) is 1. The Kier molecular flexibility index (Phi) is 22.1. The van der Waals surface area contributed by atoms with Crippen molar-refractivity contribution in [2.45, 2.75) is 68.0 Å². The van der Waals surface area contributed by atoms with E-state index < -0.39 is 42.3 Å². The number of hydrogen-bond donors (Lipinski definition) is 6. The van der Waals surface area contributed by atoms with E-state index in [1.165, 1.54) is 0 Å². The van der Waals surface area contributed by atoms with E-state index in [-0.39, 0.29) is 68.9 Å². The Balaban J connectivity index is 0.000000223. The molecule has 0 saturated carbocycles. The molecule has 10 aromatic rings. The van der Waals surface area contributed by atoms with Gasteiger partial charge in [-0.15, -0.1) is 0 Å². The molecule has 3 amide bonds. The maximum Gasteiger partial charge on any atom is 0.407 e. The normalized spacial score (nSPS) is 12.3. The number of Topliss-reactive ketones (excluding diaryl/α,β-unsaturated/α-hetero) is 2. The van der Waals surface area contributed by atoms with Gasteiger partial charge in [-0.1, -0.05) is 279 Å². The molecule has 1 aliphatic rings. The van der Waals surface area contributed by atoms with Gasteiger partial charge >= 0.3 is 6.09 Å². The molecule has 0 aromatic heterocycles. The van der Waals surface area contributed by atoms with Crippen LogP contribution in [-0.2, 0) is 61.0 Å². The summed E-state index contributed by atoms with van der Waals surface area (Å²) < 4.78 is 21.3. The largest absolute Gasteiger partial charge is 0.449 e. The number of benzene rings is 10. The summed E-state index contributed by atoms with van der Waals surface area (Å²) in [5, 5.41) is 28.0. The fourth-order valence-corrected chi connectivity index (χ4v) is 11.8. The maximum absolute atomic E-state index is 14.4. The Hall–Kier alpha value is -10.4. The molecule has 7 N–H and O–H groups in total. The number of ketones is 2. The first-order valence-electron chi connectivity index (χ1n) is 30.7. The number of alkyl carbamates (subject to hydrolysis) is 1. The summed E-state index contributed by atoms with van der Waals surface area (Å²) in [4.78, 5) is 68.2. The summed E-state index contributed by atoms with van der Waals surface area (Å²) in [6, 6.07) is 86.7. The van der Waals surface area contributed by atoms with E-state index in [1.54, 1.807) is 48.5 Å². The van der Waals surface area contributed by atoms with Crippen molar-refractivity contribution in [3.05, 3.63) is 346 Å². The summed E-state index contributed by atoms with van der Waals surface area (Å²) in [6.45, 7) is -0.110. The second-order valence-electron chi connectivity index (χ2n) is 22.1. The highest BCUT2D eigenvalue weighted by Gasteiger charge is 2.41. The van der Waals surface area contributed by atoms with Crippen LogP contribution in [0, 0.1) is 0 Å². The van der Waals surface area contributed by atoms with Crippen LogP contribution in [0.2, 0.25) is 0 Å². The first-order valence-corrected chi connectivity index (χ1v) is 30.0. The fraction of sp³-hybridized carbons (Fsp3) is 0.167. The second kappa shape index (κ2) is 31.6. The van der Waals surface area contributed by atoms with E-state index in [1.807, 2.05) is 218 Å². The second-order valence-corrected chi connectivity index (χ2v) is 22.1. The van der Waals surface area contributed by atoms with Crippen LogP contribution >= 0.6 is 0 Å². The van der Waals surface area contributed by atoms with Crippen LogP contribution < -0.4 is 21.7 Å². The van der Waals surface area contributed by atoms with Crippen molar-refractivity contribution in [2.24, 2.45) is 5.73 Å². The van der Waals surface area contributed by atoms with Crippen LogP contribution in [0.5, 0.6) is 0 Å². The molecule has 0 saturated heterocycles. The molecule has 0 fully saturated rings. The highest BCUT2D eigenvalue weighted by Crippen LogP contribution is 2.45. The van der Waals surface area contributed by atoms with Crippen LogP contribution in [0.15, 0.2) is 279 Å². The lowest BCUT2D eigenvalue weighted by Gasteiger charge is -2.37. The quantitative estimate of drug-likeness (QED) is 0.0338. The van der Waals surface area contributed by atoms with Crippen molar-refractivity contribution in [3.63, 3.8) is 0 Å². The Morgan fingerprint density at radius 1 is 0.451 bits per heavy atom. The van der Waals surface area contributed by atoms with Gasteiger partial charge in [0.1, 0.15) is 17.7 Å². The van der Waals surface area contributed by atoms with E-state index in [0.29, 0.717) is 11.1 Å². The van der Waals surface area contributed by atoms with Crippen molar-refractivity contribution >= 4 is 29.5 Å². The summed E-state index contributed by atoms with van der Waals surface area (Å²) in [5.41, 5.74) is 16.7. The number of nitrogens with one attached hydrogen (secondary N) is 3. The van der Waals surface area contributed by atoms with Gasteiger partial charge in [-0.2, -0.15) is 0 Å². The average molecular weight is 1210 g/mol. The number of aliphatic hydroxyl groups excluding tert-OH is 2. The third kappa shape index (κ3) is 15.7. The Morgan fingerprint density at radius 2 is 0.747 bits per heavy atom. The molecule has 2 atom stereocenters. The van der Waals surface area contributed by atoms with E-state index >= 15 is 0 Å². The first kappa shape index (κ1) is 63.6. The monoisotopic (exact) mass is 1210 g/mol. The third-order valence-corrected chi connectivity index (χ3v) is 16.3. The molecule has 91 heavy (non-hydrogen) atoms. The molecule has 0 heterocycles. The van der Waals surface area contributed by atoms with Gasteiger partial charge in [-0.25, -0.2) is 4.79 Å². The molecule has 0 spiro atoms. The van der Waals surface area contributed by atoms with Crippen molar-refractivity contribution in [1.29, 1.82) is 0 Å². The fourth-order valence-electron chi connectivity index (χ4n) is 11.8. The smallest absolute Gasteiger partial charge is 0.407 e. The van der Waals surface area contributed by atoms with Gasteiger partial charge in [0, 0.05) is 25.2 Å². The predicted octanol–water partition coefficient (Wildman–Crippen LogP) is 12.4. The van der Waals surface area contributed by atoms with Gasteiger partial charge < -0.3 is 36.6 Å². The predicted molar refractivity (Wildman–Crippen MR) is 353 cm³/mol. The zero-order chi connectivity index (χ0) is 64.7. The summed E-state index contributed by atoms with van der Waals surface area (Å²) in [5.74, 6) is -1.49. The molecule has 460 valence electrons. The highest BCUT2D eigenvalue weighted by atomic mass is 19.1. The van der Waals surface area contributed by atoms with Gasteiger partial charge in [0.2, 0.25) is 11.8 Å². The molecular weight excluding hydrogens is 1140 g/mol. The van der Waals surface area contributed by atoms with E-state index in [4.69, 9.17) is 11.8 Å². The number of carbonyl (C=O) groups excluding carboxylic acids is 5. The van der Waals surface area contributed by atoms with Crippen molar-refractivity contribution in [1.82, 2.24) is 16.0 Å². The number of amides is 3. The van der Waals surface area contributed by atoms with Crippen LogP contribution in [0.1, 0.15) is 86.9 Å². The molecule has 0 unspecified atom stereocenters. The minimum absolute atomic E-state index is 0.0332. The number of carbonyl (C=O) groups is 5. The minimum Gasteiger partial charge on any atom is -0.449 e. The number of halogens is 1. The van der Waals surface area contributed by atoms with Gasteiger partial charge in [0.15, 0.2) is 11.6 Å². The third-order valence-electron chi connectivity index (χ3n) is 16.3. The maximum atomic E-state index is 14.4. The number of rotatable bonds is 23. The van der Waals surface area contributed by atoms with E-state index in [0.717, 1.165) is 66.8 Å². The number of ether oxygens (including phenoxy) is 1. The standard InChI is InChI=1S/C46H40N2O5.C31H30N2O3.CH3F/c49-30-33-26-24-32(25-27-33)28-43(50)42(47-45(52)53-31-41-39-22-12-10-20-37(39)38-21-11-13-23-40(38)41)29-44(51)48-46(34-14-4-1-5-15-34,35-16-6-2-7-17-35)36-18-8-3-9-19-36;32-28(29(35)20-23-16-18-24(22-34)19-17-23)21-30(36)33-31(25-10-4-1-5-11-25,26-12-6-2-7-13-26)27-14-8-3-9-15-27;1-2/h1-27,41-42,49H,28-31H2,(H,47,52)(H,48,51);1-19,28,34H,20-22,32H2,(H,33,36);1H3/t42-;28-;/m00./s1/i;;1D. The van der Waals surface area contributed by atoms with Crippen LogP contribution in [0.25, 0.3) is 11.1 Å². The van der Waals surface area contributed by atoms with E-state index in [9.17, 15) is 38.6 Å². The summed E-state index contributed by atoms with van der Waals surface area (Å²) in [7, 11) is -1.00.